The first kappa shape index (κ1) is 17.9. The van der Waals surface area contributed by atoms with Crippen molar-refractivity contribution in [3.63, 3.8) is 0 Å². The van der Waals surface area contributed by atoms with Crippen LogP contribution in [-0.2, 0) is 11.3 Å². The highest BCUT2D eigenvalue weighted by Crippen LogP contribution is 2.16. The minimum Gasteiger partial charge on any atom is -0.384 e. The van der Waals surface area contributed by atoms with Crippen LogP contribution in [0.3, 0.4) is 0 Å². The second-order valence-corrected chi connectivity index (χ2v) is 5.50. The molecule has 0 spiro atoms. The molecule has 0 saturated carbocycles. The van der Waals surface area contributed by atoms with Crippen molar-refractivity contribution in [1.82, 2.24) is 24.8 Å². The molecule has 23 heavy (non-hydrogen) atoms. The topological polar surface area (TPSA) is 67.0 Å². The summed E-state index contributed by atoms with van der Waals surface area (Å²) in [7, 11) is 3.57. The van der Waals surface area contributed by atoms with Crippen LogP contribution in [0.5, 0.6) is 0 Å². The van der Waals surface area contributed by atoms with Gasteiger partial charge in [0.1, 0.15) is 0 Å². The van der Waals surface area contributed by atoms with E-state index < -0.39 is 0 Å². The van der Waals surface area contributed by atoms with E-state index in [2.05, 4.69) is 25.4 Å². The summed E-state index contributed by atoms with van der Waals surface area (Å²) in [4.78, 5) is 6.65. The van der Waals surface area contributed by atoms with Gasteiger partial charge in [-0.05, 0) is 18.6 Å². The molecule has 1 aliphatic heterocycles. The van der Waals surface area contributed by atoms with Crippen LogP contribution in [0, 0.1) is 5.92 Å². The fraction of sp³-hybridized carbons (Fsp3) is 0.533. The standard InChI is InChI=1S/C15H22N6O.HI/c1-16-15(20-8-6-12(10-20)11-22-2)17-9-14-19-18-13-5-3-4-7-21(13)14;/h3-5,7,12H,6,8-11H2,1-2H3,(H,16,17);1H. The molecule has 1 aliphatic rings. The number of fused-ring (bicyclic) bond motifs is 1. The molecule has 1 atom stereocenters. The summed E-state index contributed by atoms with van der Waals surface area (Å²) in [5, 5.41) is 11.8. The number of likely N-dealkylation sites (tertiary alicyclic amines) is 1. The minimum atomic E-state index is 0. The molecule has 0 aromatic carbocycles. The van der Waals surface area contributed by atoms with Gasteiger partial charge in [0.2, 0.25) is 0 Å². The van der Waals surface area contributed by atoms with Crippen molar-refractivity contribution in [3.8, 4) is 0 Å². The van der Waals surface area contributed by atoms with Crippen LogP contribution in [0.25, 0.3) is 5.65 Å². The van der Waals surface area contributed by atoms with Crippen LogP contribution in [0.1, 0.15) is 12.2 Å². The number of guanidine groups is 1. The second-order valence-electron chi connectivity index (χ2n) is 5.50. The molecular formula is C15H23IN6O. The van der Waals surface area contributed by atoms with Gasteiger partial charge in [0.25, 0.3) is 0 Å². The van der Waals surface area contributed by atoms with Crippen LogP contribution < -0.4 is 5.32 Å². The smallest absolute Gasteiger partial charge is 0.194 e. The van der Waals surface area contributed by atoms with Crippen molar-refractivity contribution in [3.05, 3.63) is 30.2 Å². The third-order valence-corrected chi connectivity index (χ3v) is 3.99. The molecule has 0 amide bonds. The molecule has 1 saturated heterocycles. The van der Waals surface area contributed by atoms with E-state index >= 15 is 0 Å². The van der Waals surface area contributed by atoms with E-state index in [0.29, 0.717) is 12.5 Å². The van der Waals surface area contributed by atoms with E-state index in [9.17, 15) is 0 Å². The van der Waals surface area contributed by atoms with Gasteiger partial charge in [0, 0.05) is 39.4 Å². The fourth-order valence-electron chi connectivity index (χ4n) is 2.90. The highest BCUT2D eigenvalue weighted by Gasteiger charge is 2.24. The van der Waals surface area contributed by atoms with Crippen LogP contribution >= 0.6 is 24.0 Å². The number of ether oxygens (including phenoxy) is 1. The maximum absolute atomic E-state index is 5.25. The maximum atomic E-state index is 5.25. The zero-order chi connectivity index (χ0) is 15.4. The quantitative estimate of drug-likeness (QED) is 0.451. The molecule has 3 rings (SSSR count). The molecule has 2 aromatic rings. The number of halogens is 1. The maximum Gasteiger partial charge on any atom is 0.194 e. The molecule has 0 aliphatic carbocycles. The van der Waals surface area contributed by atoms with Crippen LogP contribution in [0.15, 0.2) is 29.4 Å². The van der Waals surface area contributed by atoms with Crippen LogP contribution in [-0.4, -0.2) is 59.3 Å². The van der Waals surface area contributed by atoms with E-state index in [-0.39, 0.29) is 24.0 Å². The summed E-state index contributed by atoms with van der Waals surface area (Å²) in [6.07, 6.45) is 3.11. The van der Waals surface area contributed by atoms with Crippen molar-refractivity contribution in [2.75, 3.05) is 33.9 Å². The fourth-order valence-corrected chi connectivity index (χ4v) is 2.90. The van der Waals surface area contributed by atoms with Crippen molar-refractivity contribution < 1.29 is 4.74 Å². The molecule has 3 heterocycles. The van der Waals surface area contributed by atoms with Crippen molar-refractivity contribution in [2.45, 2.75) is 13.0 Å². The molecular weight excluding hydrogens is 407 g/mol. The lowest BCUT2D eigenvalue weighted by molar-refractivity contribution is 0.157. The number of aromatic nitrogens is 3. The molecule has 1 N–H and O–H groups in total. The lowest BCUT2D eigenvalue weighted by atomic mass is 10.1. The number of nitrogens with zero attached hydrogens (tertiary/aromatic N) is 5. The Kier molecular flexibility index (Phi) is 6.58. The Bertz CT molecular complexity index is 658. The monoisotopic (exact) mass is 430 g/mol. The Morgan fingerprint density at radius 3 is 3.09 bits per heavy atom. The first-order valence-corrected chi connectivity index (χ1v) is 7.55. The van der Waals surface area contributed by atoms with Crippen molar-refractivity contribution in [2.24, 2.45) is 10.9 Å². The normalized spacial score (nSPS) is 18.3. The summed E-state index contributed by atoms with van der Waals surface area (Å²) in [5.41, 5.74) is 0.857. The van der Waals surface area contributed by atoms with E-state index in [4.69, 9.17) is 4.74 Å². The van der Waals surface area contributed by atoms with Gasteiger partial charge in [0.05, 0.1) is 13.2 Å². The highest BCUT2D eigenvalue weighted by atomic mass is 127. The summed E-state index contributed by atoms with van der Waals surface area (Å²) in [5.74, 6) is 2.37. The molecule has 0 radical (unpaired) electrons. The SMILES string of the molecule is CN=C(NCc1nnc2ccccn12)N1CCC(COC)C1.I. The van der Waals surface area contributed by atoms with Gasteiger partial charge in [0.15, 0.2) is 17.4 Å². The minimum absolute atomic E-state index is 0. The van der Waals surface area contributed by atoms with E-state index in [1.54, 1.807) is 7.11 Å². The lowest BCUT2D eigenvalue weighted by Gasteiger charge is -2.21. The second kappa shape index (κ2) is 8.44. The van der Waals surface area contributed by atoms with Gasteiger partial charge in [-0.15, -0.1) is 34.2 Å². The van der Waals surface area contributed by atoms with Gasteiger partial charge >= 0.3 is 0 Å². The van der Waals surface area contributed by atoms with E-state index in [1.807, 2.05) is 35.8 Å². The summed E-state index contributed by atoms with van der Waals surface area (Å²) < 4.78 is 7.23. The Balaban J connectivity index is 0.00000192. The van der Waals surface area contributed by atoms with Crippen molar-refractivity contribution in [1.29, 1.82) is 0 Å². The Morgan fingerprint density at radius 2 is 2.30 bits per heavy atom. The molecule has 1 unspecified atom stereocenters. The Hall–Kier alpha value is -1.42. The molecule has 0 bridgehead atoms. The largest absolute Gasteiger partial charge is 0.384 e. The first-order valence-electron chi connectivity index (χ1n) is 7.55. The van der Waals surface area contributed by atoms with Gasteiger partial charge < -0.3 is 15.0 Å². The predicted octanol–water partition coefficient (Wildman–Crippen LogP) is 1.39. The Morgan fingerprint density at radius 1 is 1.43 bits per heavy atom. The highest BCUT2D eigenvalue weighted by molar-refractivity contribution is 14.0. The van der Waals surface area contributed by atoms with Crippen LogP contribution in [0.2, 0.25) is 0 Å². The average Bonchev–Trinajstić information content (AvgIpc) is 3.16. The summed E-state index contributed by atoms with van der Waals surface area (Å²) in [6.45, 7) is 3.40. The van der Waals surface area contributed by atoms with Crippen molar-refractivity contribution >= 4 is 35.6 Å². The average molecular weight is 430 g/mol. The zero-order valence-corrected chi connectivity index (χ0v) is 15.8. The third-order valence-electron chi connectivity index (χ3n) is 3.99. The van der Waals surface area contributed by atoms with Gasteiger partial charge in [-0.1, -0.05) is 6.07 Å². The number of hydrogen-bond donors (Lipinski definition) is 1. The molecule has 2 aromatic heterocycles. The molecule has 8 heteroatoms. The van der Waals surface area contributed by atoms with Gasteiger partial charge in [-0.3, -0.25) is 9.39 Å². The number of hydrogen-bond acceptors (Lipinski definition) is 4. The van der Waals surface area contributed by atoms with Gasteiger partial charge in [-0.25, -0.2) is 0 Å². The first-order chi connectivity index (χ1) is 10.8. The summed E-state index contributed by atoms with van der Waals surface area (Å²) in [6, 6.07) is 5.88. The number of methoxy groups -OCH3 is 1. The zero-order valence-electron chi connectivity index (χ0n) is 13.5. The number of aliphatic imine (C=N–C) groups is 1. The Labute approximate surface area is 153 Å². The molecule has 1 fully saturated rings. The lowest BCUT2D eigenvalue weighted by Crippen LogP contribution is -2.40. The number of nitrogens with one attached hydrogen (secondary N) is 1. The van der Waals surface area contributed by atoms with Crippen LogP contribution in [0.4, 0.5) is 0 Å². The van der Waals surface area contributed by atoms with E-state index in [1.165, 1.54) is 0 Å². The number of rotatable bonds is 4. The van der Waals surface area contributed by atoms with E-state index in [0.717, 1.165) is 43.5 Å². The number of pyridine rings is 1. The third kappa shape index (κ3) is 4.11. The summed E-state index contributed by atoms with van der Waals surface area (Å²) >= 11 is 0. The predicted molar refractivity (Wildman–Crippen MR) is 100 cm³/mol. The van der Waals surface area contributed by atoms with Gasteiger partial charge in [-0.2, -0.15) is 0 Å². The molecule has 126 valence electrons. The molecule has 7 nitrogen and oxygen atoms in total.